The minimum atomic E-state index is 0.0378. The Balaban J connectivity index is 2.37. The van der Waals surface area contributed by atoms with Gasteiger partial charge < -0.3 is 0 Å². The van der Waals surface area contributed by atoms with E-state index in [0.717, 1.165) is 20.8 Å². The summed E-state index contributed by atoms with van der Waals surface area (Å²) in [5.41, 5.74) is 1.81. The minimum Gasteiger partial charge on any atom is -0.293 e. The molecule has 0 N–H and O–H groups in total. The quantitative estimate of drug-likeness (QED) is 0.652. The molecular formula is C9H5N3OS. The Morgan fingerprint density at radius 2 is 2.36 bits per heavy atom. The van der Waals surface area contributed by atoms with Gasteiger partial charge in [0.1, 0.15) is 11.3 Å². The van der Waals surface area contributed by atoms with Gasteiger partial charge in [0.05, 0.1) is 16.4 Å². The number of carbonyl (C=O) groups excluding carboxylic acids is 1. The van der Waals surface area contributed by atoms with Gasteiger partial charge in [-0.1, -0.05) is 0 Å². The summed E-state index contributed by atoms with van der Waals surface area (Å²) in [7, 11) is 0. The number of ketones is 1. The molecule has 0 saturated carbocycles. The smallest absolute Gasteiger partial charge is 0.178 e. The Hall–Kier alpha value is -1.62. The number of aromatic nitrogens is 2. The molecule has 0 aliphatic carbocycles. The monoisotopic (exact) mass is 203 g/mol. The first-order chi connectivity index (χ1) is 6.84. The summed E-state index contributed by atoms with van der Waals surface area (Å²) in [6.07, 6.45) is 5.05. The standard InChI is InChI=1S/C9H5N3OS/c13-5-1-6-8-7(3-10-4-12-8)14-9(6)11-2-5/h2-4H,1H2. The van der Waals surface area contributed by atoms with Crippen LogP contribution in [0.4, 0.5) is 5.00 Å². The van der Waals surface area contributed by atoms with E-state index in [1.165, 1.54) is 23.9 Å². The molecule has 68 valence electrons. The zero-order valence-electron chi connectivity index (χ0n) is 7.10. The average Bonchev–Trinajstić information content (AvgIpc) is 2.56. The molecule has 0 atom stereocenters. The van der Waals surface area contributed by atoms with Crippen molar-refractivity contribution in [2.24, 2.45) is 4.99 Å². The number of thiophene rings is 1. The first-order valence-electron chi connectivity index (χ1n) is 4.13. The average molecular weight is 203 g/mol. The van der Waals surface area contributed by atoms with E-state index in [2.05, 4.69) is 15.0 Å². The number of aliphatic imine (C=N–C) groups is 1. The molecule has 5 heteroatoms. The third kappa shape index (κ3) is 0.990. The highest BCUT2D eigenvalue weighted by molar-refractivity contribution is 7.22. The molecule has 4 nitrogen and oxygen atoms in total. The summed E-state index contributed by atoms with van der Waals surface area (Å²) >= 11 is 1.53. The van der Waals surface area contributed by atoms with E-state index in [0.29, 0.717) is 6.42 Å². The van der Waals surface area contributed by atoms with Crippen LogP contribution in [0.25, 0.3) is 10.2 Å². The molecule has 0 radical (unpaired) electrons. The lowest BCUT2D eigenvalue weighted by molar-refractivity contribution is -0.112. The van der Waals surface area contributed by atoms with Gasteiger partial charge in [-0.25, -0.2) is 15.0 Å². The van der Waals surface area contributed by atoms with Gasteiger partial charge in [-0.3, -0.25) is 4.79 Å². The molecule has 1 aliphatic rings. The molecule has 0 aromatic carbocycles. The van der Waals surface area contributed by atoms with Gasteiger partial charge in [0.25, 0.3) is 0 Å². The van der Waals surface area contributed by atoms with Crippen molar-refractivity contribution in [1.82, 2.24) is 9.97 Å². The predicted octanol–water partition coefficient (Wildman–Crippen LogP) is 1.52. The van der Waals surface area contributed by atoms with E-state index < -0.39 is 0 Å². The number of nitrogens with zero attached hydrogens (tertiary/aromatic N) is 3. The van der Waals surface area contributed by atoms with Crippen LogP contribution in [0, 0.1) is 0 Å². The fraction of sp³-hybridized carbons (Fsp3) is 0.111. The van der Waals surface area contributed by atoms with Crippen LogP contribution in [0.15, 0.2) is 17.5 Å². The van der Waals surface area contributed by atoms with E-state index in [4.69, 9.17) is 0 Å². The topological polar surface area (TPSA) is 55.2 Å². The molecule has 0 spiro atoms. The highest BCUT2D eigenvalue weighted by atomic mass is 32.1. The van der Waals surface area contributed by atoms with Crippen LogP contribution in [-0.4, -0.2) is 22.0 Å². The minimum absolute atomic E-state index is 0.0378. The van der Waals surface area contributed by atoms with Crippen molar-refractivity contribution in [1.29, 1.82) is 0 Å². The summed E-state index contributed by atoms with van der Waals surface area (Å²) in [6.45, 7) is 0. The molecule has 1 aliphatic heterocycles. The maximum Gasteiger partial charge on any atom is 0.178 e. The second-order valence-electron chi connectivity index (χ2n) is 3.02. The van der Waals surface area contributed by atoms with Crippen molar-refractivity contribution in [2.75, 3.05) is 0 Å². The predicted molar refractivity (Wildman–Crippen MR) is 54.3 cm³/mol. The Morgan fingerprint density at radius 3 is 3.29 bits per heavy atom. The molecule has 0 unspecified atom stereocenters. The van der Waals surface area contributed by atoms with Gasteiger partial charge in [-0.15, -0.1) is 11.3 Å². The van der Waals surface area contributed by atoms with E-state index in [-0.39, 0.29) is 5.78 Å². The van der Waals surface area contributed by atoms with Crippen molar-refractivity contribution >= 4 is 38.6 Å². The maximum atomic E-state index is 11.2. The summed E-state index contributed by atoms with van der Waals surface area (Å²) in [5.74, 6) is 0.0378. The second-order valence-corrected chi connectivity index (χ2v) is 4.05. The molecule has 0 bridgehead atoms. The van der Waals surface area contributed by atoms with Crippen LogP contribution in [0.3, 0.4) is 0 Å². The van der Waals surface area contributed by atoms with Crippen LogP contribution < -0.4 is 0 Å². The number of hydrogen-bond acceptors (Lipinski definition) is 5. The van der Waals surface area contributed by atoms with E-state index >= 15 is 0 Å². The first-order valence-corrected chi connectivity index (χ1v) is 4.94. The number of carbonyl (C=O) groups is 1. The van der Waals surface area contributed by atoms with Crippen molar-refractivity contribution in [3.8, 4) is 0 Å². The highest BCUT2D eigenvalue weighted by Gasteiger charge is 2.18. The van der Waals surface area contributed by atoms with E-state index in [1.54, 1.807) is 6.20 Å². The summed E-state index contributed by atoms with van der Waals surface area (Å²) in [5, 5.41) is 0.889. The van der Waals surface area contributed by atoms with Gasteiger partial charge in [0, 0.05) is 18.2 Å². The van der Waals surface area contributed by atoms with Crippen LogP contribution >= 0.6 is 11.3 Å². The third-order valence-electron chi connectivity index (χ3n) is 2.11. The molecule has 2 aromatic heterocycles. The SMILES string of the molecule is O=C1C=Nc2sc3cncnc3c2C1. The van der Waals surface area contributed by atoms with Crippen LogP contribution in [0.1, 0.15) is 5.56 Å². The fourth-order valence-electron chi connectivity index (χ4n) is 1.50. The molecule has 3 heterocycles. The van der Waals surface area contributed by atoms with Crippen molar-refractivity contribution in [3.63, 3.8) is 0 Å². The molecule has 0 fully saturated rings. The zero-order chi connectivity index (χ0) is 9.54. The maximum absolute atomic E-state index is 11.2. The van der Waals surface area contributed by atoms with Crippen molar-refractivity contribution in [3.05, 3.63) is 18.1 Å². The number of fused-ring (bicyclic) bond motifs is 3. The molecule has 14 heavy (non-hydrogen) atoms. The molecule has 3 rings (SSSR count). The fourth-order valence-corrected chi connectivity index (χ4v) is 2.49. The molecular weight excluding hydrogens is 198 g/mol. The Bertz CT molecular complexity index is 558. The van der Waals surface area contributed by atoms with Crippen LogP contribution in [0.5, 0.6) is 0 Å². The number of Topliss-reactive ketones (excluding diaryl/α,β-unsaturated/α-hetero) is 1. The highest BCUT2D eigenvalue weighted by Crippen LogP contribution is 2.37. The summed E-state index contributed by atoms with van der Waals surface area (Å²) in [4.78, 5) is 23.4. The van der Waals surface area contributed by atoms with Crippen LogP contribution in [-0.2, 0) is 11.2 Å². The van der Waals surface area contributed by atoms with Crippen molar-refractivity contribution < 1.29 is 4.79 Å². The van der Waals surface area contributed by atoms with Gasteiger partial charge in [-0.2, -0.15) is 0 Å². The zero-order valence-corrected chi connectivity index (χ0v) is 7.91. The molecule has 0 amide bonds. The largest absolute Gasteiger partial charge is 0.293 e. The first kappa shape index (κ1) is 7.75. The van der Waals surface area contributed by atoms with Crippen LogP contribution in [0.2, 0.25) is 0 Å². The summed E-state index contributed by atoms with van der Waals surface area (Å²) < 4.78 is 0.990. The second kappa shape index (κ2) is 2.68. The number of hydrogen-bond donors (Lipinski definition) is 0. The van der Waals surface area contributed by atoms with E-state index in [9.17, 15) is 4.79 Å². The van der Waals surface area contributed by atoms with E-state index in [1.807, 2.05) is 0 Å². The normalized spacial score (nSPS) is 14.7. The van der Waals surface area contributed by atoms with Gasteiger partial charge in [0.15, 0.2) is 5.78 Å². The molecule has 2 aromatic rings. The van der Waals surface area contributed by atoms with Gasteiger partial charge >= 0.3 is 0 Å². The lowest BCUT2D eigenvalue weighted by Gasteiger charge is -2.01. The van der Waals surface area contributed by atoms with Gasteiger partial charge in [-0.05, 0) is 0 Å². The lowest BCUT2D eigenvalue weighted by Crippen LogP contribution is -2.07. The summed E-state index contributed by atoms with van der Waals surface area (Å²) in [6, 6.07) is 0. The van der Waals surface area contributed by atoms with Crippen molar-refractivity contribution in [2.45, 2.75) is 6.42 Å². The van der Waals surface area contributed by atoms with Gasteiger partial charge in [0.2, 0.25) is 0 Å². The molecule has 0 saturated heterocycles. The number of rotatable bonds is 0. The Morgan fingerprint density at radius 1 is 1.43 bits per heavy atom. The third-order valence-corrected chi connectivity index (χ3v) is 3.17. The Kier molecular flexibility index (Phi) is 1.49. The lowest BCUT2D eigenvalue weighted by atomic mass is 10.1. The Labute approximate surface area is 83.3 Å².